The fraction of sp³-hybridized carbons (Fsp3) is 0.455. The second-order valence-corrected chi connectivity index (χ2v) is 3.95. The van der Waals surface area contributed by atoms with Gasteiger partial charge in [-0.25, -0.2) is 9.78 Å². The van der Waals surface area contributed by atoms with E-state index >= 15 is 0 Å². The summed E-state index contributed by atoms with van der Waals surface area (Å²) in [6.07, 6.45) is 0.618. The van der Waals surface area contributed by atoms with Crippen molar-refractivity contribution in [1.29, 1.82) is 0 Å². The quantitative estimate of drug-likeness (QED) is 0.569. The van der Waals surface area contributed by atoms with Gasteiger partial charge < -0.3 is 15.2 Å². The molecule has 0 aliphatic rings. The largest absolute Gasteiger partial charge is 0.477 e. The summed E-state index contributed by atoms with van der Waals surface area (Å²) in [5, 5.41) is 22.5. The van der Waals surface area contributed by atoms with Crippen LogP contribution in [-0.4, -0.2) is 40.7 Å². The maximum atomic E-state index is 10.9. The van der Waals surface area contributed by atoms with Gasteiger partial charge in [-0.15, -0.1) is 0 Å². The molecule has 1 aromatic heterocycles. The Morgan fingerprint density at radius 3 is 2.84 bits per heavy atom. The van der Waals surface area contributed by atoms with Crippen molar-refractivity contribution >= 4 is 17.5 Å². The highest BCUT2D eigenvalue weighted by Crippen LogP contribution is 2.23. The van der Waals surface area contributed by atoms with Gasteiger partial charge in [-0.1, -0.05) is 0 Å². The molecule has 0 saturated carbocycles. The molecule has 1 heterocycles. The van der Waals surface area contributed by atoms with Crippen LogP contribution >= 0.6 is 0 Å². The summed E-state index contributed by atoms with van der Waals surface area (Å²) in [5.41, 5.74) is -0.499. The van der Waals surface area contributed by atoms with Crippen LogP contribution in [0.3, 0.4) is 0 Å². The number of carboxylic acids is 1. The Morgan fingerprint density at radius 1 is 1.63 bits per heavy atom. The number of hydrogen-bond donors (Lipinski definition) is 2. The molecule has 1 aromatic rings. The average molecular weight is 269 g/mol. The van der Waals surface area contributed by atoms with Gasteiger partial charge >= 0.3 is 11.7 Å². The number of aromatic carboxylic acids is 1. The van der Waals surface area contributed by atoms with Gasteiger partial charge in [-0.2, -0.15) is 0 Å². The lowest BCUT2D eigenvalue weighted by Crippen LogP contribution is -2.19. The summed E-state index contributed by atoms with van der Waals surface area (Å²) in [6, 6.07) is 2.10. The number of nitrogens with one attached hydrogen (secondary N) is 1. The molecular weight excluding hydrogens is 254 g/mol. The van der Waals surface area contributed by atoms with Crippen LogP contribution in [0.15, 0.2) is 12.1 Å². The number of ether oxygens (including phenoxy) is 1. The molecule has 8 heteroatoms. The highest BCUT2D eigenvalue weighted by Gasteiger charge is 2.19. The number of methoxy groups -OCH3 is 1. The van der Waals surface area contributed by atoms with Gasteiger partial charge in [0.15, 0.2) is 5.69 Å². The lowest BCUT2D eigenvalue weighted by atomic mass is 10.2. The standard InChI is InChI=1S/C11H15N3O5/c1-7(5-6-19-2)12-10-9(14(17)18)4-3-8(13-10)11(15)16/h3-4,7H,5-6H2,1-2H3,(H,12,13)(H,15,16). The highest BCUT2D eigenvalue weighted by molar-refractivity contribution is 5.86. The molecule has 1 atom stereocenters. The van der Waals surface area contributed by atoms with Gasteiger partial charge in [-0.3, -0.25) is 10.1 Å². The predicted molar refractivity (Wildman–Crippen MR) is 67.4 cm³/mol. The summed E-state index contributed by atoms with van der Waals surface area (Å²) in [7, 11) is 1.55. The van der Waals surface area contributed by atoms with Crippen molar-refractivity contribution in [3.05, 3.63) is 27.9 Å². The Morgan fingerprint density at radius 2 is 2.32 bits per heavy atom. The van der Waals surface area contributed by atoms with Crippen LogP contribution < -0.4 is 5.32 Å². The third-order valence-corrected chi connectivity index (χ3v) is 2.43. The molecule has 1 rings (SSSR count). The number of anilines is 1. The normalized spacial score (nSPS) is 11.9. The highest BCUT2D eigenvalue weighted by atomic mass is 16.6. The number of hydrogen-bond acceptors (Lipinski definition) is 6. The molecule has 2 N–H and O–H groups in total. The maximum absolute atomic E-state index is 10.9. The van der Waals surface area contributed by atoms with Crippen LogP contribution in [0.1, 0.15) is 23.8 Å². The first-order chi connectivity index (χ1) is 8.95. The molecule has 0 fully saturated rings. The van der Waals surface area contributed by atoms with Crippen LogP contribution in [0.2, 0.25) is 0 Å². The Hall–Kier alpha value is -2.22. The lowest BCUT2D eigenvalue weighted by molar-refractivity contribution is -0.384. The first-order valence-electron chi connectivity index (χ1n) is 5.60. The molecular formula is C11H15N3O5. The number of carbonyl (C=O) groups is 1. The zero-order valence-electron chi connectivity index (χ0n) is 10.6. The Balaban J connectivity index is 2.97. The van der Waals surface area contributed by atoms with Gasteiger partial charge in [0.25, 0.3) is 0 Å². The van der Waals surface area contributed by atoms with Crippen molar-refractivity contribution in [2.75, 3.05) is 19.0 Å². The molecule has 19 heavy (non-hydrogen) atoms. The van der Waals surface area contributed by atoms with E-state index in [2.05, 4.69) is 10.3 Å². The van der Waals surface area contributed by atoms with Crippen LogP contribution in [0.5, 0.6) is 0 Å². The molecule has 0 saturated heterocycles. The molecule has 0 aliphatic carbocycles. The number of rotatable bonds is 7. The van der Waals surface area contributed by atoms with Crippen molar-refractivity contribution in [3.8, 4) is 0 Å². The van der Waals surface area contributed by atoms with E-state index in [-0.39, 0.29) is 23.2 Å². The SMILES string of the molecule is COCCC(C)Nc1nc(C(=O)O)ccc1[N+](=O)[O-]. The van der Waals surface area contributed by atoms with Gasteiger partial charge in [0.1, 0.15) is 0 Å². The molecule has 0 bridgehead atoms. The van der Waals surface area contributed by atoms with E-state index < -0.39 is 10.9 Å². The van der Waals surface area contributed by atoms with E-state index in [4.69, 9.17) is 9.84 Å². The van der Waals surface area contributed by atoms with E-state index in [0.717, 1.165) is 12.1 Å². The number of nitrogens with zero attached hydrogens (tertiary/aromatic N) is 2. The van der Waals surface area contributed by atoms with Gasteiger partial charge in [0.05, 0.1) is 4.92 Å². The minimum absolute atomic E-state index is 0.0477. The molecule has 0 radical (unpaired) electrons. The minimum Gasteiger partial charge on any atom is -0.477 e. The topological polar surface area (TPSA) is 115 Å². The second kappa shape index (κ2) is 6.64. The number of carboxylic acid groups (broad SMARTS) is 1. The van der Waals surface area contributed by atoms with Crippen LogP contribution in [0, 0.1) is 10.1 Å². The second-order valence-electron chi connectivity index (χ2n) is 3.95. The summed E-state index contributed by atoms with van der Waals surface area (Å²) < 4.78 is 4.90. The monoisotopic (exact) mass is 269 g/mol. The first-order valence-corrected chi connectivity index (χ1v) is 5.60. The van der Waals surface area contributed by atoms with Crippen molar-refractivity contribution in [1.82, 2.24) is 4.98 Å². The Labute approximate surface area is 109 Å². The third-order valence-electron chi connectivity index (χ3n) is 2.43. The van der Waals surface area contributed by atoms with E-state index in [1.165, 1.54) is 0 Å². The Kier molecular flexibility index (Phi) is 5.19. The number of aromatic nitrogens is 1. The van der Waals surface area contributed by atoms with Crippen molar-refractivity contribution in [2.24, 2.45) is 0 Å². The summed E-state index contributed by atoms with van der Waals surface area (Å²) >= 11 is 0. The first kappa shape index (κ1) is 14.8. The van der Waals surface area contributed by atoms with E-state index in [1.54, 1.807) is 14.0 Å². The minimum atomic E-state index is -1.23. The molecule has 0 spiro atoms. The zero-order valence-corrected chi connectivity index (χ0v) is 10.6. The summed E-state index contributed by atoms with van der Waals surface area (Å²) in [6.45, 7) is 2.29. The molecule has 104 valence electrons. The van der Waals surface area contributed by atoms with Crippen molar-refractivity contribution < 1.29 is 19.6 Å². The molecule has 0 amide bonds. The molecule has 0 aliphatic heterocycles. The van der Waals surface area contributed by atoms with E-state index in [0.29, 0.717) is 13.0 Å². The molecule has 1 unspecified atom stereocenters. The lowest BCUT2D eigenvalue weighted by Gasteiger charge is -2.14. The fourth-order valence-corrected chi connectivity index (χ4v) is 1.42. The maximum Gasteiger partial charge on any atom is 0.354 e. The number of nitro groups is 1. The summed E-state index contributed by atoms with van der Waals surface area (Å²) in [5.74, 6) is -1.28. The van der Waals surface area contributed by atoms with Gasteiger partial charge in [0.2, 0.25) is 5.82 Å². The van der Waals surface area contributed by atoms with Crippen LogP contribution in [0.4, 0.5) is 11.5 Å². The van der Waals surface area contributed by atoms with Crippen molar-refractivity contribution in [2.45, 2.75) is 19.4 Å². The third kappa shape index (κ3) is 4.18. The van der Waals surface area contributed by atoms with Crippen LogP contribution in [0.25, 0.3) is 0 Å². The zero-order chi connectivity index (χ0) is 14.4. The summed E-state index contributed by atoms with van der Waals surface area (Å²) in [4.78, 5) is 24.8. The van der Waals surface area contributed by atoms with Crippen molar-refractivity contribution in [3.63, 3.8) is 0 Å². The molecule has 8 nitrogen and oxygen atoms in total. The van der Waals surface area contributed by atoms with E-state index in [1.807, 2.05) is 0 Å². The molecule has 0 aromatic carbocycles. The number of pyridine rings is 1. The smallest absolute Gasteiger partial charge is 0.354 e. The van der Waals surface area contributed by atoms with Gasteiger partial charge in [-0.05, 0) is 19.4 Å². The fourth-order valence-electron chi connectivity index (χ4n) is 1.42. The predicted octanol–water partition coefficient (Wildman–Crippen LogP) is 1.52. The average Bonchev–Trinajstić information content (AvgIpc) is 2.35. The van der Waals surface area contributed by atoms with Gasteiger partial charge in [0, 0.05) is 25.8 Å². The van der Waals surface area contributed by atoms with Crippen LogP contribution in [-0.2, 0) is 4.74 Å². The van der Waals surface area contributed by atoms with E-state index in [9.17, 15) is 14.9 Å². The Bertz CT molecular complexity index is 477.